The van der Waals surface area contributed by atoms with E-state index in [1.54, 1.807) is 12.1 Å². The van der Waals surface area contributed by atoms with Crippen LogP contribution in [0.5, 0.6) is 0 Å². The van der Waals surface area contributed by atoms with Gasteiger partial charge in [-0.05, 0) is 51.7 Å². The van der Waals surface area contributed by atoms with E-state index >= 15 is 0 Å². The molecule has 0 aliphatic heterocycles. The van der Waals surface area contributed by atoms with Gasteiger partial charge < -0.3 is 10.1 Å². The molecule has 1 aromatic rings. The highest BCUT2D eigenvalue weighted by Gasteiger charge is 2.32. The molecular formula is C16H23NO2. The number of ether oxygens (including phenoxy) is 1. The molecule has 0 saturated heterocycles. The number of nitrogens with one attached hydrogen (secondary N) is 1. The predicted octanol–water partition coefficient (Wildman–Crippen LogP) is 3.01. The first kappa shape index (κ1) is 14.1. The standard InChI is InChI=1S/C16H23NO2/c1-16(2,3)17-14-9-12(10-14)11-19-15(18)13-7-5-4-6-8-13/h4-8,12,14,17H,9-11H2,1-3H3/t12-,14-. The lowest BCUT2D eigenvalue weighted by Gasteiger charge is -2.39. The second-order valence-corrected chi connectivity index (χ2v) is 6.39. The largest absolute Gasteiger partial charge is 0.462 e. The van der Waals surface area contributed by atoms with Crippen molar-refractivity contribution in [2.24, 2.45) is 5.92 Å². The number of rotatable bonds is 4. The second-order valence-electron chi connectivity index (χ2n) is 6.39. The fraction of sp³-hybridized carbons (Fsp3) is 0.562. The van der Waals surface area contributed by atoms with Crippen LogP contribution in [0.3, 0.4) is 0 Å². The molecule has 0 spiro atoms. The van der Waals surface area contributed by atoms with Gasteiger partial charge in [0.2, 0.25) is 0 Å². The molecule has 19 heavy (non-hydrogen) atoms. The maximum atomic E-state index is 11.8. The van der Waals surface area contributed by atoms with Crippen molar-refractivity contribution in [2.45, 2.75) is 45.2 Å². The SMILES string of the molecule is CC(C)(C)N[C@H]1C[C@H](COC(=O)c2ccccc2)C1. The number of esters is 1. The minimum atomic E-state index is -0.215. The van der Waals surface area contributed by atoms with Gasteiger partial charge in [0.15, 0.2) is 0 Å². The summed E-state index contributed by atoms with van der Waals surface area (Å²) < 4.78 is 5.34. The van der Waals surface area contributed by atoms with Crippen LogP contribution in [0, 0.1) is 5.92 Å². The highest BCUT2D eigenvalue weighted by Crippen LogP contribution is 2.29. The molecule has 1 aliphatic rings. The molecule has 3 nitrogen and oxygen atoms in total. The Morgan fingerprint density at radius 2 is 1.89 bits per heavy atom. The van der Waals surface area contributed by atoms with E-state index in [2.05, 4.69) is 26.1 Å². The molecule has 0 aromatic heterocycles. The van der Waals surface area contributed by atoms with Gasteiger partial charge in [-0.1, -0.05) is 18.2 Å². The first-order chi connectivity index (χ1) is 8.94. The summed E-state index contributed by atoms with van der Waals surface area (Å²) in [6.45, 7) is 7.07. The van der Waals surface area contributed by atoms with E-state index in [4.69, 9.17) is 4.74 Å². The molecule has 1 fully saturated rings. The summed E-state index contributed by atoms with van der Waals surface area (Å²) in [6, 6.07) is 9.73. The van der Waals surface area contributed by atoms with Gasteiger partial charge in [0.25, 0.3) is 0 Å². The molecule has 0 amide bonds. The topological polar surface area (TPSA) is 38.3 Å². The van der Waals surface area contributed by atoms with Crippen LogP contribution in [-0.2, 0) is 4.74 Å². The van der Waals surface area contributed by atoms with Crippen LogP contribution in [-0.4, -0.2) is 24.2 Å². The summed E-state index contributed by atoms with van der Waals surface area (Å²) in [5, 5.41) is 3.56. The van der Waals surface area contributed by atoms with E-state index < -0.39 is 0 Å². The minimum Gasteiger partial charge on any atom is -0.462 e. The lowest BCUT2D eigenvalue weighted by Crippen LogP contribution is -2.50. The first-order valence-corrected chi connectivity index (χ1v) is 6.94. The van der Waals surface area contributed by atoms with Gasteiger partial charge in [-0.25, -0.2) is 4.79 Å². The molecule has 0 unspecified atom stereocenters. The fourth-order valence-corrected chi connectivity index (χ4v) is 2.45. The van der Waals surface area contributed by atoms with E-state index in [9.17, 15) is 4.79 Å². The highest BCUT2D eigenvalue weighted by molar-refractivity contribution is 5.89. The van der Waals surface area contributed by atoms with Gasteiger partial charge in [-0.3, -0.25) is 0 Å². The molecule has 2 rings (SSSR count). The maximum absolute atomic E-state index is 11.8. The Bertz CT molecular complexity index is 416. The Morgan fingerprint density at radius 1 is 1.26 bits per heavy atom. The van der Waals surface area contributed by atoms with Gasteiger partial charge in [0.05, 0.1) is 12.2 Å². The summed E-state index contributed by atoms with van der Waals surface area (Å²) in [6.07, 6.45) is 2.19. The normalized spacial score (nSPS) is 22.7. The predicted molar refractivity (Wildman–Crippen MR) is 76.1 cm³/mol. The molecule has 3 heteroatoms. The molecular weight excluding hydrogens is 238 g/mol. The second kappa shape index (κ2) is 5.74. The molecule has 1 N–H and O–H groups in total. The van der Waals surface area contributed by atoms with E-state index in [0.717, 1.165) is 12.8 Å². The summed E-state index contributed by atoms with van der Waals surface area (Å²) >= 11 is 0. The summed E-state index contributed by atoms with van der Waals surface area (Å²) in [5.41, 5.74) is 0.794. The van der Waals surface area contributed by atoms with Crippen molar-refractivity contribution in [1.29, 1.82) is 0 Å². The average Bonchev–Trinajstić information content (AvgIpc) is 2.31. The van der Waals surface area contributed by atoms with Crippen molar-refractivity contribution in [3.05, 3.63) is 35.9 Å². The number of hydrogen-bond acceptors (Lipinski definition) is 3. The van der Waals surface area contributed by atoms with Crippen LogP contribution in [0.2, 0.25) is 0 Å². The van der Waals surface area contributed by atoms with Crippen molar-refractivity contribution < 1.29 is 9.53 Å². The van der Waals surface area contributed by atoms with Gasteiger partial charge in [-0.2, -0.15) is 0 Å². The lowest BCUT2D eigenvalue weighted by atomic mass is 9.80. The van der Waals surface area contributed by atoms with Crippen molar-refractivity contribution >= 4 is 5.97 Å². The lowest BCUT2D eigenvalue weighted by molar-refractivity contribution is 0.0308. The van der Waals surface area contributed by atoms with Crippen LogP contribution in [0.4, 0.5) is 0 Å². The van der Waals surface area contributed by atoms with E-state index in [1.807, 2.05) is 18.2 Å². The number of carbonyl (C=O) groups is 1. The maximum Gasteiger partial charge on any atom is 0.338 e. The van der Waals surface area contributed by atoms with E-state index in [1.165, 1.54) is 0 Å². The third-order valence-electron chi connectivity index (χ3n) is 3.33. The Morgan fingerprint density at radius 3 is 2.47 bits per heavy atom. The third kappa shape index (κ3) is 4.35. The fourth-order valence-electron chi connectivity index (χ4n) is 2.45. The average molecular weight is 261 g/mol. The monoisotopic (exact) mass is 261 g/mol. The van der Waals surface area contributed by atoms with Crippen LogP contribution in [0.25, 0.3) is 0 Å². The Balaban J connectivity index is 1.67. The van der Waals surface area contributed by atoms with E-state index in [-0.39, 0.29) is 11.5 Å². The van der Waals surface area contributed by atoms with Crippen LogP contribution in [0.15, 0.2) is 30.3 Å². The quantitative estimate of drug-likeness (QED) is 0.847. The Labute approximate surface area is 115 Å². The van der Waals surface area contributed by atoms with Gasteiger partial charge in [-0.15, -0.1) is 0 Å². The molecule has 0 atom stereocenters. The van der Waals surface area contributed by atoms with Gasteiger partial charge >= 0.3 is 5.97 Å². The zero-order valence-corrected chi connectivity index (χ0v) is 12.0. The summed E-state index contributed by atoms with van der Waals surface area (Å²) in [7, 11) is 0. The molecule has 0 heterocycles. The highest BCUT2D eigenvalue weighted by atomic mass is 16.5. The van der Waals surface area contributed by atoms with Crippen LogP contribution < -0.4 is 5.32 Å². The van der Waals surface area contributed by atoms with Gasteiger partial charge in [0, 0.05) is 11.6 Å². The zero-order valence-electron chi connectivity index (χ0n) is 12.0. The number of carbonyl (C=O) groups excluding carboxylic acids is 1. The molecule has 1 saturated carbocycles. The van der Waals surface area contributed by atoms with Gasteiger partial charge in [0.1, 0.15) is 0 Å². The van der Waals surface area contributed by atoms with Crippen molar-refractivity contribution in [2.75, 3.05) is 6.61 Å². The molecule has 0 radical (unpaired) electrons. The molecule has 1 aromatic carbocycles. The zero-order chi connectivity index (χ0) is 13.9. The summed E-state index contributed by atoms with van der Waals surface area (Å²) in [4.78, 5) is 11.8. The number of hydrogen-bond donors (Lipinski definition) is 1. The summed E-state index contributed by atoms with van der Waals surface area (Å²) in [5.74, 6) is 0.292. The molecule has 0 bridgehead atoms. The van der Waals surface area contributed by atoms with Crippen molar-refractivity contribution in [3.63, 3.8) is 0 Å². The first-order valence-electron chi connectivity index (χ1n) is 6.94. The Hall–Kier alpha value is -1.35. The third-order valence-corrected chi connectivity index (χ3v) is 3.33. The van der Waals surface area contributed by atoms with Crippen LogP contribution in [0.1, 0.15) is 44.0 Å². The Kier molecular flexibility index (Phi) is 4.25. The number of benzene rings is 1. The van der Waals surface area contributed by atoms with Crippen LogP contribution >= 0.6 is 0 Å². The molecule has 1 aliphatic carbocycles. The van der Waals surface area contributed by atoms with E-state index in [0.29, 0.717) is 24.1 Å². The molecule has 104 valence electrons. The minimum absolute atomic E-state index is 0.163. The van der Waals surface area contributed by atoms with Crippen molar-refractivity contribution in [1.82, 2.24) is 5.32 Å². The smallest absolute Gasteiger partial charge is 0.338 e. The van der Waals surface area contributed by atoms with Crippen molar-refractivity contribution in [3.8, 4) is 0 Å².